The van der Waals surface area contributed by atoms with E-state index >= 15 is 0 Å². The number of carbonyl (C=O) groups excluding carboxylic acids is 2. The molecule has 12 heteroatoms. The Balaban J connectivity index is 1.53. The molecule has 0 aliphatic heterocycles. The maximum atomic E-state index is 13.3. The molecule has 1 atom stereocenters. The van der Waals surface area contributed by atoms with E-state index in [4.69, 9.17) is 16.3 Å². The lowest BCUT2D eigenvalue weighted by Crippen LogP contribution is -2.45. The van der Waals surface area contributed by atoms with Crippen LogP contribution < -0.4 is 15.4 Å². The van der Waals surface area contributed by atoms with Gasteiger partial charge in [-0.05, 0) is 77.9 Å². The van der Waals surface area contributed by atoms with Gasteiger partial charge in [0.05, 0.1) is 5.56 Å². The van der Waals surface area contributed by atoms with Gasteiger partial charge in [0.2, 0.25) is 0 Å². The molecule has 0 aliphatic rings. The summed E-state index contributed by atoms with van der Waals surface area (Å²) in [5, 5.41) is 15.2. The molecule has 4 rings (SSSR count). The summed E-state index contributed by atoms with van der Waals surface area (Å²) in [7, 11) is 0. The third kappa shape index (κ3) is 10.2. The van der Waals surface area contributed by atoms with Crippen molar-refractivity contribution in [1.29, 1.82) is 0 Å². The average Bonchev–Trinajstić information content (AvgIpc) is 3.02. The summed E-state index contributed by atoms with van der Waals surface area (Å²) in [4.78, 5) is 38.3. The minimum Gasteiger partial charge on any atom is -0.480 e. The fourth-order valence-electron chi connectivity index (χ4n) is 3.88. The molecule has 0 fully saturated rings. The summed E-state index contributed by atoms with van der Waals surface area (Å²) in [6.45, 7) is 0. The van der Waals surface area contributed by atoms with Crippen molar-refractivity contribution in [2.45, 2.75) is 18.0 Å². The lowest BCUT2D eigenvalue weighted by Gasteiger charge is -2.17. The van der Waals surface area contributed by atoms with E-state index in [-0.39, 0.29) is 17.0 Å². The van der Waals surface area contributed by atoms with E-state index in [0.717, 1.165) is 29.8 Å². The SMILES string of the molecule is O=C(N[C@@H](CSCc1ccccc1)C(=O)O)C(=Cc1ccc(Oc2ccc(Cl)cc2)cc1)NC(=O)c1ccc(C(F)(F)F)cc1. The summed E-state index contributed by atoms with van der Waals surface area (Å²) in [5.41, 5.74) is 0.0328. The lowest BCUT2D eigenvalue weighted by molar-refractivity contribution is -0.140. The molecular weight excluding hydrogens is 629 g/mol. The number of rotatable bonds is 12. The molecule has 45 heavy (non-hydrogen) atoms. The van der Waals surface area contributed by atoms with Crippen LogP contribution in [0.4, 0.5) is 13.2 Å². The van der Waals surface area contributed by atoms with Crippen molar-refractivity contribution in [3.63, 3.8) is 0 Å². The number of ether oxygens (including phenoxy) is 1. The van der Waals surface area contributed by atoms with Gasteiger partial charge in [0.1, 0.15) is 23.2 Å². The van der Waals surface area contributed by atoms with Crippen LogP contribution in [0.15, 0.2) is 109 Å². The summed E-state index contributed by atoms with van der Waals surface area (Å²) >= 11 is 7.21. The minimum atomic E-state index is -4.59. The number of amides is 2. The number of thioether (sulfide) groups is 1. The molecule has 0 bridgehead atoms. The monoisotopic (exact) mass is 654 g/mol. The van der Waals surface area contributed by atoms with Gasteiger partial charge in [-0.15, -0.1) is 0 Å². The van der Waals surface area contributed by atoms with Crippen LogP contribution in [0.2, 0.25) is 5.02 Å². The smallest absolute Gasteiger partial charge is 0.416 e. The number of nitrogens with one attached hydrogen (secondary N) is 2. The molecule has 4 aromatic rings. The Bertz CT molecular complexity index is 1650. The Morgan fingerprint density at radius 3 is 2.04 bits per heavy atom. The predicted octanol–water partition coefficient (Wildman–Crippen LogP) is 7.42. The quantitative estimate of drug-likeness (QED) is 0.137. The van der Waals surface area contributed by atoms with E-state index < -0.39 is 35.6 Å². The highest BCUT2D eigenvalue weighted by molar-refractivity contribution is 7.98. The van der Waals surface area contributed by atoms with Gasteiger partial charge >= 0.3 is 12.1 Å². The molecule has 0 saturated carbocycles. The topological polar surface area (TPSA) is 105 Å². The van der Waals surface area contributed by atoms with Crippen LogP contribution in [0.1, 0.15) is 27.0 Å². The molecule has 2 amide bonds. The molecule has 0 aliphatic carbocycles. The molecule has 0 heterocycles. The zero-order valence-corrected chi connectivity index (χ0v) is 25.0. The van der Waals surface area contributed by atoms with Crippen molar-refractivity contribution in [3.05, 3.63) is 136 Å². The first-order chi connectivity index (χ1) is 21.5. The van der Waals surface area contributed by atoms with Gasteiger partial charge in [-0.2, -0.15) is 24.9 Å². The van der Waals surface area contributed by atoms with E-state index in [9.17, 15) is 32.7 Å². The van der Waals surface area contributed by atoms with E-state index in [1.807, 2.05) is 30.3 Å². The average molecular weight is 655 g/mol. The molecule has 0 unspecified atom stereocenters. The van der Waals surface area contributed by atoms with Gasteiger partial charge in [0.15, 0.2) is 0 Å². The van der Waals surface area contributed by atoms with Crippen molar-refractivity contribution in [1.82, 2.24) is 10.6 Å². The predicted molar refractivity (Wildman–Crippen MR) is 167 cm³/mol. The third-order valence-electron chi connectivity index (χ3n) is 6.21. The van der Waals surface area contributed by atoms with Crippen LogP contribution in [-0.2, 0) is 21.5 Å². The van der Waals surface area contributed by atoms with Crippen LogP contribution in [-0.4, -0.2) is 34.7 Å². The number of halogens is 4. The first kappa shape index (κ1) is 33.2. The van der Waals surface area contributed by atoms with Crippen molar-refractivity contribution in [2.24, 2.45) is 0 Å². The summed E-state index contributed by atoms with van der Waals surface area (Å²) in [6, 6.07) is 24.7. The Morgan fingerprint density at radius 1 is 0.867 bits per heavy atom. The van der Waals surface area contributed by atoms with Gasteiger partial charge in [-0.1, -0.05) is 54.1 Å². The number of alkyl halides is 3. The highest BCUT2D eigenvalue weighted by Crippen LogP contribution is 2.29. The molecule has 0 spiro atoms. The third-order valence-corrected chi connectivity index (χ3v) is 7.57. The Labute approximate surface area is 266 Å². The molecule has 4 aromatic carbocycles. The second-order valence-corrected chi connectivity index (χ2v) is 11.0. The molecular formula is C33H26ClF3N2O5S. The van der Waals surface area contributed by atoms with Crippen LogP contribution in [0, 0.1) is 0 Å². The molecule has 0 aromatic heterocycles. The van der Waals surface area contributed by atoms with Crippen molar-refractivity contribution >= 4 is 47.2 Å². The van der Waals surface area contributed by atoms with Gasteiger partial charge in [-0.3, -0.25) is 9.59 Å². The number of carbonyl (C=O) groups is 3. The number of benzene rings is 4. The molecule has 232 valence electrons. The van der Waals surface area contributed by atoms with E-state index in [2.05, 4.69) is 10.6 Å². The number of hydrogen-bond donors (Lipinski definition) is 3. The number of aliphatic carboxylic acids is 1. The Kier molecular flexibility index (Phi) is 11.3. The lowest BCUT2D eigenvalue weighted by atomic mass is 10.1. The fraction of sp³-hybridized carbons (Fsp3) is 0.121. The Morgan fingerprint density at radius 2 is 1.47 bits per heavy atom. The first-order valence-electron chi connectivity index (χ1n) is 13.4. The maximum Gasteiger partial charge on any atom is 0.416 e. The van der Waals surface area contributed by atoms with Gasteiger partial charge in [0, 0.05) is 22.1 Å². The van der Waals surface area contributed by atoms with Crippen LogP contribution >= 0.6 is 23.4 Å². The van der Waals surface area contributed by atoms with E-state index in [0.29, 0.717) is 27.8 Å². The Hall–Kier alpha value is -4.74. The second-order valence-electron chi connectivity index (χ2n) is 9.58. The molecule has 0 radical (unpaired) electrons. The van der Waals surface area contributed by atoms with E-state index in [1.165, 1.54) is 17.8 Å². The highest BCUT2D eigenvalue weighted by atomic mass is 35.5. The second kappa shape index (κ2) is 15.3. The largest absolute Gasteiger partial charge is 0.480 e. The molecule has 0 saturated heterocycles. The fourth-order valence-corrected chi connectivity index (χ4v) is 5.01. The van der Waals surface area contributed by atoms with Gasteiger partial charge < -0.3 is 20.5 Å². The standard InChI is InChI=1S/C33H26ClF3N2O5S/c34-25-12-16-27(17-13-25)44-26-14-6-21(7-15-26)18-28(38-30(40)23-8-10-24(11-9-23)33(35,36)37)31(41)39-29(32(42)43)20-45-19-22-4-2-1-3-5-22/h1-18,29H,19-20H2,(H,38,40)(H,39,41)(H,42,43)/t29-/m0/s1. The van der Waals surface area contributed by atoms with Crippen LogP contribution in [0.5, 0.6) is 11.5 Å². The maximum absolute atomic E-state index is 13.3. The molecule has 7 nitrogen and oxygen atoms in total. The zero-order valence-electron chi connectivity index (χ0n) is 23.4. The summed E-state index contributed by atoms with van der Waals surface area (Å²) in [6.07, 6.45) is -3.27. The number of carboxylic acids is 1. The highest BCUT2D eigenvalue weighted by Gasteiger charge is 2.30. The normalized spacial score (nSPS) is 12.2. The number of hydrogen-bond acceptors (Lipinski definition) is 5. The first-order valence-corrected chi connectivity index (χ1v) is 14.9. The number of carboxylic acid groups (broad SMARTS) is 1. The summed E-state index contributed by atoms with van der Waals surface area (Å²) in [5.74, 6) is -1.49. The van der Waals surface area contributed by atoms with Crippen LogP contribution in [0.3, 0.4) is 0 Å². The van der Waals surface area contributed by atoms with Crippen molar-refractivity contribution in [3.8, 4) is 11.5 Å². The van der Waals surface area contributed by atoms with Gasteiger partial charge in [-0.25, -0.2) is 4.79 Å². The van der Waals surface area contributed by atoms with E-state index in [1.54, 1.807) is 48.5 Å². The summed E-state index contributed by atoms with van der Waals surface area (Å²) < 4.78 is 44.7. The van der Waals surface area contributed by atoms with Crippen molar-refractivity contribution in [2.75, 3.05) is 5.75 Å². The van der Waals surface area contributed by atoms with Crippen LogP contribution in [0.25, 0.3) is 6.08 Å². The van der Waals surface area contributed by atoms with Crippen molar-refractivity contribution < 1.29 is 37.4 Å². The minimum absolute atomic E-state index is 0.0346. The molecule has 3 N–H and O–H groups in total. The van der Waals surface area contributed by atoms with Gasteiger partial charge in [0.25, 0.3) is 11.8 Å². The zero-order chi connectivity index (χ0) is 32.4.